The maximum absolute atomic E-state index is 12.9. The lowest BCUT2D eigenvalue weighted by atomic mass is 10.1. The Bertz CT molecular complexity index is 919. The first-order valence-corrected chi connectivity index (χ1v) is 10.4. The number of likely N-dealkylation sites (tertiary alicyclic amines) is 1. The monoisotopic (exact) mass is 414 g/mol. The van der Waals surface area contributed by atoms with Crippen molar-refractivity contribution < 1.29 is 4.79 Å². The van der Waals surface area contributed by atoms with E-state index in [2.05, 4.69) is 21.8 Å². The summed E-state index contributed by atoms with van der Waals surface area (Å²) in [6, 6.07) is 7.12. The minimum Gasteiger partial charge on any atom is -0.352 e. The molecular formula is C22H27ClN4O2. The van der Waals surface area contributed by atoms with Crippen LogP contribution in [0.1, 0.15) is 36.0 Å². The van der Waals surface area contributed by atoms with E-state index in [1.54, 1.807) is 24.3 Å². The van der Waals surface area contributed by atoms with Crippen LogP contribution in [0, 0.1) is 0 Å². The van der Waals surface area contributed by atoms with Gasteiger partial charge in [-0.2, -0.15) is 0 Å². The number of carbonyl (C=O) groups excluding carboxylic acids is 1. The number of piperidine rings is 1. The van der Waals surface area contributed by atoms with E-state index in [0.717, 1.165) is 26.1 Å². The SMILES string of the molecule is C=CCn1c(-c2cccc(Cl)c2)ncc(C(=O)NCCCN2CCCCC2)c1=O. The Morgan fingerprint density at radius 1 is 1.28 bits per heavy atom. The second-order valence-electron chi connectivity index (χ2n) is 7.22. The Hall–Kier alpha value is -2.44. The predicted molar refractivity (Wildman–Crippen MR) is 116 cm³/mol. The second kappa shape index (κ2) is 10.4. The molecule has 6 nitrogen and oxygen atoms in total. The standard InChI is InChI=1S/C22H27ClN4O2/c1-2-11-27-20(17-8-6-9-18(23)15-17)25-16-19(22(27)29)21(28)24-10-7-14-26-12-4-3-5-13-26/h2,6,8-9,15-16H,1,3-5,7,10-14H2,(H,24,28). The number of benzene rings is 1. The lowest BCUT2D eigenvalue weighted by Crippen LogP contribution is -2.36. The van der Waals surface area contributed by atoms with Crippen molar-refractivity contribution in [2.24, 2.45) is 0 Å². The van der Waals surface area contributed by atoms with Gasteiger partial charge in [-0.15, -0.1) is 6.58 Å². The third kappa shape index (κ3) is 5.55. The van der Waals surface area contributed by atoms with E-state index in [-0.39, 0.29) is 17.7 Å². The number of halogens is 1. The highest BCUT2D eigenvalue weighted by Gasteiger charge is 2.17. The highest BCUT2D eigenvalue weighted by Crippen LogP contribution is 2.20. The van der Waals surface area contributed by atoms with Crippen LogP contribution in [-0.4, -0.2) is 46.5 Å². The Labute approximate surface area is 176 Å². The number of aromatic nitrogens is 2. The van der Waals surface area contributed by atoms with Gasteiger partial charge in [0, 0.05) is 29.9 Å². The molecule has 0 unspecified atom stereocenters. The van der Waals surface area contributed by atoms with Gasteiger partial charge in [-0.25, -0.2) is 4.98 Å². The van der Waals surface area contributed by atoms with Gasteiger partial charge < -0.3 is 10.2 Å². The van der Waals surface area contributed by atoms with Gasteiger partial charge in [-0.05, 0) is 51.0 Å². The molecule has 0 radical (unpaired) electrons. The lowest BCUT2D eigenvalue weighted by molar-refractivity contribution is 0.0948. The molecule has 1 N–H and O–H groups in total. The Kier molecular flexibility index (Phi) is 7.61. The van der Waals surface area contributed by atoms with E-state index in [0.29, 0.717) is 23.0 Å². The van der Waals surface area contributed by atoms with E-state index < -0.39 is 5.91 Å². The molecule has 0 aliphatic carbocycles. The van der Waals surface area contributed by atoms with Crippen LogP contribution < -0.4 is 10.9 Å². The molecule has 1 aliphatic rings. The average molecular weight is 415 g/mol. The van der Waals surface area contributed by atoms with Crippen molar-refractivity contribution in [3.05, 3.63) is 64.1 Å². The molecule has 1 aliphatic heterocycles. The minimum atomic E-state index is -0.392. The minimum absolute atomic E-state index is 0.0376. The van der Waals surface area contributed by atoms with Crippen LogP contribution in [0.3, 0.4) is 0 Å². The summed E-state index contributed by atoms with van der Waals surface area (Å²) in [6.45, 7) is 7.73. The molecule has 0 atom stereocenters. The van der Waals surface area contributed by atoms with E-state index >= 15 is 0 Å². The zero-order chi connectivity index (χ0) is 20.6. The van der Waals surface area contributed by atoms with Crippen LogP contribution >= 0.6 is 11.6 Å². The molecule has 1 amide bonds. The molecule has 154 valence electrons. The van der Waals surface area contributed by atoms with Crippen molar-refractivity contribution in [3.63, 3.8) is 0 Å². The summed E-state index contributed by atoms with van der Waals surface area (Å²) in [5, 5.41) is 3.40. The van der Waals surface area contributed by atoms with E-state index in [1.165, 1.54) is 30.0 Å². The highest BCUT2D eigenvalue weighted by molar-refractivity contribution is 6.30. The normalized spacial score (nSPS) is 14.5. The Balaban J connectivity index is 1.70. The summed E-state index contributed by atoms with van der Waals surface area (Å²) in [4.78, 5) is 32.3. The molecule has 1 saturated heterocycles. The summed E-state index contributed by atoms with van der Waals surface area (Å²) in [5.41, 5.74) is 0.365. The zero-order valence-corrected chi connectivity index (χ0v) is 17.3. The first-order chi connectivity index (χ1) is 14.1. The third-order valence-electron chi connectivity index (χ3n) is 5.07. The van der Waals surface area contributed by atoms with Gasteiger partial charge in [0.1, 0.15) is 11.4 Å². The van der Waals surface area contributed by atoms with Gasteiger partial charge in [0.15, 0.2) is 0 Å². The molecule has 1 aromatic carbocycles. The van der Waals surface area contributed by atoms with Crippen molar-refractivity contribution in [1.82, 2.24) is 19.8 Å². The topological polar surface area (TPSA) is 67.2 Å². The fraction of sp³-hybridized carbons (Fsp3) is 0.409. The number of carbonyl (C=O) groups is 1. The fourth-order valence-corrected chi connectivity index (χ4v) is 3.78. The van der Waals surface area contributed by atoms with Crippen LogP contribution in [0.5, 0.6) is 0 Å². The molecule has 1 aromatic heterocycles. The number of nitrogens with one attached hydrogen (secondary N) is 1. The van der Waals surface area contributed by atoms with E-state index in [9.17, 15) is 9.59 Å². The highest BCUT2D eigenvalue weighted by atomic mass is 35.5. The first kappa shape index (κ1) is 21.3. The van der Waals surface area contributed by atoms with Crippen molar-refractivity contribution in [3.8, 4) is 11.4 Å². The maximum atomic E-state index is 12.9. The van der Waals surface area contributed by atoms with Crippen LogP contribution in [0.25, 0.3) is 11.4 Å². The summed E-state index contributed by atoms with van der Waals surface area (Å²) in [5.74, 6) is 0.0654. The van der Waals surface area contributed by atoms with Gasteiger partial charge in [0.05, 0.1) is 0 Å². The number of hydrogen-bond donors (Lipinski definition) is 1. The molecule has 0 spiro atoms. The van der Waals surface area contributed by atoms with Gasteiger partial charge in [-0.1, -0.05) is 36.2 Å². The molecule has 7 heteroatoms. The summed E-state index contributed by atoms with van der Waals surface area (Å²) in [7, 11) is 0. The van der Waals surface area contributed by atoms with Crippen molar-refractivity contribution >= 4 is 17.5 Å². The van der Waals surface area contributed by atoms with Crippen LogP contribution in [0.15, 0.2) is 47.9 Å². The number of hydrogen-bond acceptors (Lipinski definition) is 4. The average Bonchev–Trinajstić information content (AvgIpc) is 2.73. The number of allylic oxidation sites excluding steroid dienone is 1. The smallest absolute Gasteiger partial charge is 0.266 e. The number of nitrogens with zero attached hydrogens (tertiary/aromatic N) is 3. The van der Waals surface area contributed by atoms with E-state index in [4.69, 9.17) is 11.6 Å². The lowest BCUT2D eigenvalue weighted by Gasteiger charge is -2.26. The predicted octanol–water partition coefficient (Wildman–Crippen LogP) is 3.36. The van der Waals surface area contributed by atoms with Gasteiger partial charge in [0.25, 0.3) is 11.5 Å². The van der Waals surface area contributed by atoms with Crippen LogP contribution in [0.4, 0.5) is 0 Å². The van der Waals surface area contributed by atoms with Crippen molar-refractivity contribution in [1.29, 1.82) is 0 Å². The quantitative estimate of drug-likeness (QED) is 0.531. The zero-order valence-electron chi connectivity index (χ0n) is 16.6. The summed E-state index contributed by atoms with van der Waals surface area (Å²) in [6.07, 6.45) is 7.62. The Morgan fingerprint density at radius 3 is 2.79 bits per heavy atom. The molecular weight excluding hydrogens is 388 g/mol. The van der Waals surface area contributed by atoms with E-state index in [1.807, 2.05) is 6.07 Å². The van der Waals surface area contributed by atoms with Crippen LogP contribution in [-0.2, 0) is 6.54 Å². The summed E-state index contributed by atoms with van der Waals surface area (Å²) >= 11 is 6.07. The number of amides is 1. The molecule has 0 bridgehead atoms. The van der Waals surface area contributed by atoms with Crippen molar-refractivity contribution in [2.75, 3.05) is 26.2 Å². The van der Waals surface area contributed by atoms with Gasteiger partial charge in [0.2, 0.25) is 0 Å². The van der Waals surface area contributed by atoms with Gasteiger partial charge >= 0.3 is 0 Å². The molecule has 0 saturated carbocycles. The molecule has 2 heterocycles. The number of rotatable bonds is 8. The van der Waals surface area contributed by atoms with Crippen LogP contribution in [0.2, 0.25) is 5.02 Å². The Morgan fingerprint density at radius 2 is 2.07 bits per heavy atom. The summed E-state index contributed by atoms with van der Waals surface area (Å²) < 4.78 is 1.45. The van der Waals surface area contributed by atoms with Crippen molar-refractivity contribution in [2.45, 2.75) is 32.2 Å². The molecule has 2 aromatic rings. The second-order valence-corrected chi connectivity index (χ2v) is 7.66. The van der Waals surface area contributed by atoms with Gasteiger partial charge in [-0.3, -0.25) is 14.2 Å². The third-order valence-corrected chi connectivity index (χ3v) is 5.31. The fourth-order valence-electron chi connectivity index (χ4n) is 3.59. The first-order valence-electron chi connectivity index (χ1n) is 10.1. The molecule has 29 heavy (non-hydrogen) atoms. The molecule has 1 fully saturated rings. The maximum Gasteiger partial charge on any atom is 0.266 e. The largest absolute Gasteiger partial charge is 0.352 e. The molecule has 3 rings (SSSR count).